The molecule has 0 aliphatic carbocycles. The molecule has 3 aromatic rings. The third-order valence-electron chi connectivity index (χ3n) is 4.34. The molecule has 25 heavy (non-hydrogen) atoms. The van der Waals surface area contributed by atoms with Gasteiger partial charge in [-0.15, -0.1) is 11.3 Å². The van der Waals surface area contributed by atoms with Crippen LogP contribution in [0.2, 0.25) is 0 Å². The van der Waals surface area contributed by atoms with Crippen LogP contribution in [-0.2, 0) is 0 Å². The minimum Gasteiger partial charge on any atom is -0.317 e. The Balaban J connectivity index is 1.44. The first-order valence-electron chi connectivity index (χ1n) is 8.38. The molecule has 1 fully saturated rings. The number of thiazole rings is 1. The monoisotopic (exact) mass is 353 g/mol. The van der Waals surface area contributed by atoms with E-state index in [4.69, 9.17) is 0 Å². The van der Waals surface area contributed by atoms with Gasteiger partial charge in [0.15, 0.2) is 0 Å². The molecular weight excluding hydrogens is 334 g/mol. The largest absolute Gasteiger partial charge is 0.317 e. The van der Waals surface area contributed by atoms with Crippen molar-refractivity contribution in [2.75, 3.05) is 18.4 Å². The molecule has 0 atom stereocenters. The van der Waals surface area contributed by atoms with Crippen LogP contribution in [0.5, 0.6) is 0 Å². The van der Waals surface area contributed by atoms with Crippen molar-refractivity contribution in [1.82, 2.24) is 20.5 Å². The van der Waals surface area contributed by atoms with Crippen molar-refractivity contribution in [3.8, 4) is 11.3 Å². The van der Waals surface area contributed by atoms with Crippen molar-refractivity contribution < 1.29 is 4.79 Å². The van der Waals surface area contributed by atoms with Gasteiger partial charge >= 0.3 is 0 Å². The lowest BCUT2D eigenvalue weighted by molar-refractivity contribution is 0.102. The SMILES string of the molecule is O=C(Nc1cc(-c2ccccc2)n[nH]1)c1csc(C2CCNCC2)n1. The maximum Gasteiger partial charge on any atom is 0.276 e. The number of nitrogens with one attached hydrogen (secondary N) is 3. The van der Waals surface area contributed by atoms with Crippen molar-refractivity contribution in [2.24, 2.45) is 0 Å². The van der Waals surface area contributed by atoms with Gasteiger partial charge in [-0.05, 0) is 25.9 Å². The van der Waals surface area contributed by atoms with E-state index in [1.165, 1.54) is 0 Å². The van der Waals surface area contributed by atoms with Gasteiger partial charge < -0.3 is 10.6 Å². The fraction of sp³-hybridized carbons (Fsp3) is 0.278. The Morgan fingerprint density at radius 3 is 2.80 bits per heavy atom. The molecule has 1 aliphatic heterocycles. The van der Waals surface area contributed by atoms with E-state index in [2.05, 4.69) is 25.8 Å². The molecule has 0 spiro atoms. The summed E-state index contributed by atoms with van der Waals surface area (Å²) in [7, 11) is 0. The molecule has 1 aromatic carbocycles. The predicted molar refractivity (Wildman–Crippen MR) is 98.9 cm³/mol. The second-order valence-electron chi connectivity index (χ2n) is 6.08. The number of aromatic nitrogens is 3. The molecule has 0 saturated carbocycles. The van der Waals surface area contributed by atoms with Gasteiger partial charge in [-0.1, -0.05) is 30.3 Å². The maximum absolute atomic E-state index is 12.4. The molecule has 3 N–H and O–H groups in total. The lowest BCUT2D eigenvalue weighted by atomic mass is 9.99. The van der Waals surface area contributed by atoms with Crippen LogP contribution < -0.4 is 10.6 Å². The molecule has 128 valence electrons. The summed E-state index contributed by atoms with van der Waals surface area (Å²) in [6, 6.07) is 11.7. The first kappa shape index (κ1) is 16.0. The molecule has 7 heteroatoms. The van der Waals surface area contributed by atoms with E-state index in [1.54, 1.807) is 11.3 Å². The van der Waals surface area contributed by atoms with E-state index >= 15 is 0 Å². The van der Waals surface area contributed by atoms with Crippen molar-refractivity contribution in [2.45, 2.75) is 18.8 Å². The predicted octanol–water partition coefficient (Wildman–Crippen LogP) is 3.25. The van der Waals surface area contributed by atoms with Crippen molar-refractivity contribution >= 4 is 23.1 Å². The van der Waals surface area contributed by atoms with Crippen LogP contribution in [0.25, 0.3) is 11.3 Å². The summed E-state index contributed by atoms with van der Waals surface area (Å²) in [5, 5.41) is 16.2. The zero-order chi connectivity index (χ0) is 17.1. The van der Waals surface area contributed by atoms with Crippen LogP contribution >= 0.6 is 11.3 Å². The number of piperidine rings is 1. The third kappa shape index (κ3) is 3.62. The normalized spacial score (nSPS) is 15.2. The molecule has 4 rings (SSSR count). The Hall–Kier alpha value is -2.51. The number of carbonyl (C=O) groups is 1. The fourth-order valence-electron chi connectivity index (χ4n) is 2.98. The molecule has 6 nitrogen and oxygen atoms in total. The van der Waals surface area contributed by atoms with Crippen molar-refractivity contribution in [1.29, 1.82) is 0 Å². The zero-order valence-corrected chi connectivity index (χ0v) is 14.5. The second kappa shape index (κ2) is 7.16. The number of H-pyrrole nitrogens is 1. The Morgan fingerprint density at radius 1 is 1.20 bits per heavy atom. The molecule has 0 unspecified atom stereocenters. The topological polar surface area (TPSA) is 82.7 Å². The number of rotatable bonds is 4. The number of amides is 1. The summed E-state index contributed by atoms with van der Waals surface area (Å²) in [6.07, 6.45) is 2.16. The molecule has 0 radical (unpaired) electrons. The van der Waals surface area contributed by atoms with E-state index in [1.807, 2.05) is 41.8 Å². The smallest absolute Gasteiger partial charge is 0.276 e. The van der Waals surface area contributed by atoms with Crippen molar-refractivity contribution in [3.63, 3.8) is 0 Å². The fourth-order valence-corrected chi connectivity index (χ4v) is 3.95. The number of hydrogen-bond donors (Lipinski definition) is 3. The van der Waals surface area contributed by atoms with Gasteiger partial charge in [-0.2, -0.15) is 5.10 Å². The summed E-state index contributed by atoms with van der Waals surface area (Å²) in [4.78, 5) is 17.0. The van der Waals surface area contributed by atoms with Gasteiger partial charge in [0.25, 0.3) is 5.91 Å². The highest BCUT2D eigenvalue weighted by Gasteiger charge is 2.20. The Labute approximate surface area is 149 Å². The summed E-state index contributed by atoms with van der Waals surface area (Å²) in [5.74, 6) is 0.824. The van der Waals surface area contributed by atoms with Gasteiger partial charge in [0.1, 0.15) is 11.5 Å². The van der Waals surface area contributed by atoms with E-state index in [-0.39, 0.29) is 5.91 Å². The number of nitrogens with zero attached hydrogens (tertiary/aromatic N) is 2. The van der Waals surface area contributed by atoms with Crippen molar-refractivity contribution in [3.05, 3.63) is 52.5 Å². The van der Waals surface area contributed by atoms with Gasteiger partial charge in [-0.25, -0.2) is 4.98 Å². The van der Waals surface area contributed by atoms with Crippen LogP contribution in [0.3, 0.4) is 0 Å². The third-order valence-corrected chi connectivity index (χ3v) is 5.35. The minimum atomic E-state index is -0.209. The van der Waals surface area contributed by atoms with Gasteiger partial charge in [0.05, 0.1) is 10.7 Å². The molecular formula is C18H19N5OS. The first-order valence-corrected chi connectivity index (χ1v) is 9.26. The van der Waals surface area contributed by atoms with Crippen LogP contribution in [0.1, 0.15) is 34.3 Å². The first-order chi connectivity index (χ1) is 12.3. The standard InChI is InChI=1S/C18H19N5OS/c24-17(15-11-25-18(20-15)13-6-8-19-9-7-13)21-16-10-14(22-23-16)12-4-2-1-3-5-12/h1-5,10-11,13,19H,6-9H2,(H2,21,22,23,24). The summed E-state index contributed by atoms with van der Waals surface area (Å²) in [5.41, 5.74) is 2.26. The second-order valence-corrected chi connectivity index (χ2v) is 6.97. The highest BCUT2D eigenvalue weighted by Crippen LogP contribution is 2.28. The minimum absolute atomic E-state index is 0.209. The maximum atomic E-state index is 12.4. The number of benzene rings is 1. The zero-order valence-electron chi connectivity index (χ0n) is 13.7. The Morgan fingerprint density at radius 2 is 2.00 bits per heavy atom. The van der Waals surface area contributed by atoms with Crippen LogP contribution in [0, 0.1) is 0 Å². The molecule has 1 saturated heterocycles. The highest BCUT2D eigenvalue weighted by atomic mass is 32.1. The van der Waals surface area contributed by atoms with Crippen LogP contribution in [0.4, 0.5) is 5.82 Å². The van der Waals surface area contributed by atoms with Crippen LogP contribution in [0.15, 0.2) is 41.8 Å². The summed E-state index contributed by atoms with van der Waals surface area (Å²) >= 11 is 1.57. The van der Waals surface area contributed by atoms with Gasteiger partial charge in [-0.3, -0.25) is 9.89 Å². The van der Waals surface area contributed by atoms with Gasteiger partial charge in [0.2, 0.25) is 0 Å². The van der Waals surface area contributed by atoms with Gasteiger partial charge in [0, 0.05) is 22.9 Å². The lowest BCUT2D eigenvalue weighted by Gasteiger charge is -2.20. The van der Waals surface area contributed by atoms with E-state index < -0.39 is 0 Å². The lowest BCUT2D eigenvalue weighted by Crippen LogP contribution is -2.26. The Bertz CT molecular complexity index is 851. The molecule has 1 amide bonds. The van der Waals surface area contributed by atoms with Crippen LogP contribution in [-0.4, -0.2) is 34.2 Å². The average molecular weight is 353 g/mol. The molecule has 2 aromatic heterocycles. The molecule has 3 heterocycles. The molecule has 0 bridgehead atoms. The van der Waals surface area contributed by atoms with E-state index in [0.717, 1.165) is 42.2 Å². The quantitative estimate of drug-likeness (QED) is 0.672. The average Bonchev–Trinajstić information content (AvgIpc) is 3.33. The Kier molecular flexibility index (Phi) is 4.58. The number of aromatic amines is 1. The number of hydrogen-bond acceptors (Lipinski definition) is 5. The highest BCUT2D eigenvalue weighted by molar-refractivity contribution is 7.09. The van der Waals surface area contributed by atoms with E-state index in [0.29, 0.717) is 17.4 Å². The summed E-state index contributed by atoms with van der Waals surface area (Å²) in [6.45, 7) is 2.03. The molecule has 1 aliphatic rings. The van der Waals surface area contributed by atoms with E-state index in [9.17, 15) is 4.79 Å². The summed E-state index contributed by atoms with van der Waals surface area (Å²) < 4.78 is 0. The number of anilines is 1. The number of carbonyl (C=O) groups excluding carboxylic acids is 1.